The number of benzene rings is 2. The molecule has 1 aliphatic heterocycles. The zero-order valence-electron chi connectivity index (χ0n) is 14.8. The number of non-ortho nitro benzene ring substituents is 1. The van der Waals surface area contributed by atoms with Gasteiger partial charge in [-0.15, -0.1) is 0 Å². The van der Waals surface area contributed by atoms with Crippen molar-refractivity contribution < 1.29 is 18.1 Å². The zero-order valence-corrected chi connectivity index (χ0v) is 15.6. The third-order valence-electron chi connectivity index (χ3n) is 4.26. The van der Waals surface area contributed by atoms with E-state index in [1.54, 1.807) is 6.07 Å². The number of hydrazone groups is 1. The molecule has 28 heavy (non-hydrogen) atoms. The molecule has 0 unspecified atom stereocenters. The molecule has 0 saturated carbocycles. The average molecular weight is 402 g/mol. The fourth-order valence-corrected chi connectivity index (χ4v) is 4.39. The first-order valence-corrected chi connectivity index (χ1v) is 10.00. The van der Waals surface area contributed by atoms with Gasteiger partial charge in [0.05, 0.1) is 16.0 Å². The highest BCUT2D eigenvalue weighted by Gasteiger charge is 2.27. The molecule has 1 heterocycles. The molecule has 1 fully saturated rings. The Labute approximate surface area is 161 Å². The maximum Gasteiger partial charge on any atom is 0.271 e. The van der Waals surface area contributed by atoms with Gasteiger partial charge in [-0.1, -0.05) is 18.2 Å². The number of hydrogen-bond acceptors (Lipinski definition) is 6. The van der Waals surface area contributed by atoms with Crippen LogP contribution in [0, 0.1) is 10.1 Å². The molecule has 10 heteroatoms. The third kappa shape index (κ3) is 4.41. The highest BCUT2D eigenvalue weighted by molar-refractivity contribution is 7.89. The van der Waals surface area contributed by atoms with Crippen LogP contribution in [0.15, 0.2) is 58.5 Å². The Morgan fingerprint density at radius 2 is 1.86 bits per heavy atom. The molecule has 0 atom stereocenters. The molecule has 0 radical (unpaired) electrons. The van der Waals surface area contributed by atoms with Crippen LogP contribution in [-0.4, -0.2) is 42.9 Å². The van der Waals surface area contributed by atoms with Crippen LogP contribution in [0.25, 0.3) is 0 Å². The summed E-state index contributed by atoms with van der Waals surface area (Å²) in [5.41, 5.74) is 2.80. The average Bonchev–Trinajstić information content (AvgIpc) is 3.24. The summed E-state index contributed by atoms with van der Waals surface area (Å²) < 4.78 is 26.6. The van der Waals surface area contributed by atoms with E-state index in [2.05, 4.69) is 10.5 Å². The molecular formula is C18H18N4O5S. The fourth-order valence-electron chi connectivity index (χ4n) is 2.82. The molecule has 9 nitrogen and oxygen atoms in total. The summed E-state index contributed by atoms with van der Waals surface area (Å²) in [6.07, 6.45) is 2.92. The molecule has 2 aromatic carbocycles. The zero-order chi connectivity index (χ0) is 20.1. The van der Waals surface area contributed by atoms with Crippen molar-refractivity contribution in [2.45, 2.75) is 17.7 Å². The lowest BCUT2D eigenvalue weighted by atomic mass is 10.2. The van der Waals surface area contributed by atoms with Crippen molar-refractivity contribution in [3.05, 3.63) is 69.8 Å². The summed E-state index contributed by atoms with van der Waals surface area (Å²) >= 11 is 0. The van der Waals surface area contributed by atoms with Gasteiger partial charge in [-0.25, -0.2) is 13.8 Å². The van der Waals surface area contributed by atoms with Crippen molar-refractivity contribution in [1.29, 1.82) is 0 Å². The fraction of sp³-hybridized carbons (Fsp3) is 0.222. The number of sulfonamides is 1. The van der Waals surface area contributed by atoms with Gasteiger partial charge < -0.3 is 0 Å². The van der Waals surface area contributed by atoms with Gasteiger partial charge in [-0.05, 0) is 31.0 Å². The van der Waals surface area contributed by atoms with Crippen molar-refractivity contribution in [1.82, 2.24) is 9.73 Å². The second kappa shape index (κ2) is 8.28. The Morgan fingerprint density at radius 3 is 2.57 bits per heavy atom. The SMILES string of the molecule is O=C(N/N=C/c1cccc([N+](=O)[O-])c1)c1cccc(S(=O)(=O)N2CCCC2)c1. The van der Waals surface area contributed by atoms with Crippen molar-refractivity contribution >= 4 is 27.8 Å². The summed E-state index contributed by atoms with van der Waals surface area (Å²) in [5, 5.41) is 14.5. The molecule has 2 aromatic rings. The predicted molar refractivity (Wildman–Crippen MR) is 103 cm³/mol. The van der Waals surface area contributed by atoms with Crippen molar-refractivity contribution in [3.8, 4) is 0 Å². The minimum absolute atomic E-state index is 0.0599. The monoisotopic (exact) mass is 402 g/mol. The molecule has 0 aliphatic carbocycles. The molecule has 1 aliphatic rings. The van der Waals surface area contributed by atoms with E-state index in [4.69, 9.17) is 0 Å². The first-order valence-electron chi connectivity index (χ1n) is 8.56. The minimum atomic E-state index is -3.62. The first kappa shape index (κ1) is 19.6. The molecule has 1 N–H and O–H groups in total. The Kier molecular flexibility index (Phi) is 5.81. The molecule has 0 spiro atoms. The number of carbonyl (C=O) groups excluding carboxylic acids is 1. The van der Waals surface area contributed by atoms with Crippen molar-refractivity contribution in [2.75, 3.05) is 13.1 Å². The van der Waals surface area contributed by atoms with Crippen LogP contribution in [-0.2, 0) is 10.0 Å². The lowest BCUT2D eigenvalue weighted by Gasteiger charge is -2.15. The largest absolute Gasteiger partial charge is 0.271 e. The number of nitro benzene ring substituents is 1. The van der Waals surface area contributed by atoms with Crippen LogP contribution in [0.1, 0.15) is 28.8 Å². The van der Waals surface area contributed by atoms with Crippen LogP contribution in [0.5, 0.6) is 0 Å². The van der Waals surface area contributed by atoms with E-state index in [0.29, 0.717) is 18.7 Å². The molecule has 1 amide bonds. The van der Waals surface area contributed by atoms with Gasteiger partial charge in [-0.2, -0.15) is 9.41 Å². The van der Waals surface area contributed by atoms with Crippen LogP contribution in [0.2, 0.25) is 0 Å². The lowest BCUT2D eigenvalue weighted by Crippen LogP contribution is -2.28. The van der Waals surface area contributed by atoms with Crippen LogP contribution < -0.4 is 5.43 Å². The van der Waals surface area contributed by atoms with E-state index in [-0.39, 0.29) is 16.1 Å². The van der Waals surface area contributed by atoms with Gasteiger partial charge in [0.15, 0.2) is 0 Å². The number of nitrogens with zero attached hydrogens (tertiary/aromatic N) is 3. The number of rotatable bonds is 6. The maximum atomic E-state index is 12.6. The Balaban J connectivity index is 1.71. The quantitative estimate of drug-likeness (QED) is 0.451. The highest BCUT2D eigenvalue weighted by Crippen LogP contribution is 2.21. The number of nitro groups is 1. The molecule has 3 rings (SSSR count). The number of nitrogens with one attached hydrogen (secondary N) is 1. The van der Waals surface area contributed by atoms with Crippen LogP contribution in [0.4, 0.5) is 5.69 Å². The topological polar surface area (TPSA) is 122 Å². The van der Waals surface area contributed by atoms with Gasteiger partial charge in [-0.3, -0.25) is 14.9 Å². The predicted octanol–water partition coefficient (Wildman–Crippen LogP) is 2.14. The van der Waals surface area contributed by atoms with Crippen LogP contribution in [0.3, 0.4) is 0 Å². The smallest absolute Gasteiger partial charge is 0.267 e. The Hall–Kier alpha value is -3.11. The first-order chi connectivity index (χ1) is 13.4. The minimum Gasteiger partial charge on any atom is -0.267 e. The Morgan fingerprint density at radius 1 is 1.14 bits per heavy atom. The maximum absolute atomic E-state index is 12.6. The van der Waals surface area contributed by atoms with E-state index in [0.717, 1.165) is 12.8 Å². The van der Waals surface area contributed by atoms with E-state index in [1.165, 1.54) is 53.0 Å². The summed E-state index contributed by atoms with van der Waals surface area (Å²) in [7, 11) is -3.62. The van der Waals surface area contributed by atoms with Gasteiger partial charge in [0.25, 0.3) is 11.6 Å². The second-order valence-corrected chi connectivity index (χ2v) is 8.13. The van der Waals surface area contributed by atoms with Gasteiger partial charge >= 0.3 is 0 Å². The number of amides is 1. The molecule has 146 valence electrons. The van der Waals surface area contributed by atoms with Crippen molar-refractivity contribution in [2.24, 2.45) is 5.10 Å². The molecule has 0 aromatic heterocycles. The van der Waals surface area contributed by atoms with Gasteiger partial charge in [0.1, 0.15) is 0 Å². The normalized spacial score (nSPS) is 15.0. The van der Waals surface area contributed by atoms with Gasteiger partial charge in [0, 0.05) is 36.3 Å². The number of carbonyl (C=O) groups is 1. The Bertz CT molecular complexity index is 1030. The van der Waals surface area contributed by atoms with E-state index in [9.17, 15) is 23.3 Å². The van der Waals surface area contributed by atoms with E-state index < -0.39 is 20.9 Å². The second-order valence-electron chi connectivity index (χ2n) is 6.19. The van der Waals surface area contributed by atoms with Crippen LogP contribution >= 0.6 is 0 Å². The van der Waals surface area contributed by atoms with Gasteiger partial charge in [0.2, 0.25) is 10.0 Å². The lowest BCUT2D eigenvalue weighted by molar-refractivity contribution is -0.384. The van der Waals surface area contributed by atoms with E-state index >= 15 is 0 Å². The number of hydrogen-bond donors (Lipinski definition) is 1. The van der Waals surface area contributed by atoms with E-state index in [1.807, 2.05) is 0 Å². The molecule has 1 saturated heterocycles. The summed E-state index contributed by atoms with van der Waals surface area (Å²) in [6.45, 7) is 0.957. The summed E-state index contributed by atoms with van der Waals surface area (Å²) in [6, 6.07) is 11.5. The standard InChI is InChI=1S/C18H18N4O5S/c23-18(20-19-13-14-5-3-7-16(11-14)22(24)25)15-6-4-8-17(12-15)28(26,27)21-9-1-2-10-21/h3-8,11-13H,1-2,9-10H2,(H,20,23)/b19-13+. The summed E-state index contributed by atoms with van der Waals surface area (Å²) in [4.78, 5) is 22.6. The summed E-state index contributed by atoms with van der Waals surface area (Å²) in [5.74, 6) is -0.583. The van der Waals surface area contributed by atoms with Crippen molar-refractivity contribution in [3.63, 3.8) is 0 Å². The molecule has 0 bridgehead atoms. The molecular weight excluding hydrogens is 384 g/mol. The highest BCUT2D eigenvalue weighted by atomic mass is 32.2. The third-order valence-corrected chi connectivity index (χ3v) is 6.15.